The van der Waals surface area contributed by atoms with Crippen LogP contribution < -0.4 is 0 Å². The summed E-state index contributed by atoms with van der Waals surface area (Å²) in [6.07, 6.45) is 4.86. The summed E-state index contributed by atoms with van der Waals surface area (Å²) in [6.45, 7) is 0. The molecule has 0 atom stereocenters. The van der Waals surface area contributed by atoms with Crippen LogP contribution in [-0.2, 0) is 9.47 Å². The molecule has 0 aromatic rings. The molecular weight excluding hydrogens is 184 g/mol. The second kappa shape index (κ2) is 4.60. The molecule has 4 nitrogen and oxygen atoms in total. The monoisotopic (exact) mass is 198 g/mol. The molecule has 0 fully saturated rings. The van der Waals surface area contributed by atoms with Gasteiger partial charge in [-0.2, -0.15) is 0 Å². The Labute approximate surface area is 82.8 Å². The first-order chi connectivity index (χ1) is 6.70. The molecule has 1 aliphatic carbocycles. The molecule has 0 saturated heterocycles. The Bertz CT molecular complexity index is 269. The Balaban J connectivity index is 3.10. The van der Waals surface area contributed by atoms with Gasteiger partial charge in [0.25, 0.3) is 11.9 Å². The normalized spacial score (nSPS) is 23.0. The minimum atomic E-state index is -0.173. The largest absolute Gasteiger partial charge is 0.481 e. The Morgan fingerprint density at radius 2 is 1.36 bits per heavy atom. The molecule has 0 radical (unpaired) electrons. The van der Waals surface area contributed by atoms with Crippen molar-refractivity contribution in [2.24, 2.45) is 0 Å². The van der Waals surface area contributed by atoms with Crippen molar-refractivity contribution in [1.82, 2.24) is 0 Å². The predicted molar refractivity (Wildman–Crippen MR) is 51.7 cm³/mol. The van der Waals surface area contributed by atoms with Crippen LogP contribution in [0.4, 0.5) is 0 Å². The van der Waals surface area contributed by atoms with Gasteiger partial charge < -0.3 is 19.7 Å². The molecule has 4 heteroatoms. The van der Waals surface area contributed by atoms with E-state index in [-0.39, 0.29) is 11.9 Å². The van der Waals surface area contributed by atoms with Gasteiger partial charge in [-0.05, 0) is 12.8 Å². The van der Waals surface area contributed by atoms with E-state index in [9.17, 15) is 10.2 Å². The lowest BCUT2D eigenvalue weighted by Crippen LogP contribution is -2.04. The summed E-state index contributed by atoms with van der Waals surface area (Å²) >= 11 is 0. The summed E-state index contributed by atoms with van der Waals surface area (Å²) in [5.74, 6) is -0.346. The van der Waals surface area contributed by atoms with Crippen molar-refractivity contribution in [3.05, 3.63) is 35.2 Å². The van der Waals surface area contributed by atoms with Crippen LogP contribution in [0.25, 0.3) is 0 Å². The molecular formula is C10H14O4. The maximum absolute atomic E-state index is 9.42. The zero-order chi connectivity index (χ0) is 10.6. The van der Waals surface area contributed by atoms with Crippen LogP contribution >= 0.6 is 0 Å². The maximum atomic E-state index is 9.42. The fourth-order valence-electron chi connectivity index (χ4n) is 1.33. The number of ether oxygens (including phenoxy) is 2. The Kier molecular flexibility index (Phi) is 3.45. The van der Waals surface area contributed by atoms with Gasteiger partial charge in [0.1, 0.15) is 0 Å². The molecule has 1 aliphatic rings. The van der Waals surface area contributed by atoms with E-state index >= 15 is 0 Å². The molecule has 2 N–H and O–H groups in total. The van der Waals surface area contributed by atoms with Crippen molar-refractivity contribution in [3.63, 3.8) is 0 Å². The maximum Gasteiger partial charge on any atom is 0.280 e. The molecule has 0 aromatic carbocycles. The third-order valence-corrected chi connectivity index (χ3v) is 2.08. The molecule has 14 heavy (non-hydrogen) atoms. The molecule has 0 spiro atoms. The molecule has 0 unspecified atom stereocenters. The van der Waals surface area contributed by atoms with Crippen molar-refractivity contribution in [2.45, 2.75) is 12.8 Å². The molecule has 0 aliphatic heterocycles. The second-order valence-electron chi connectivity index (χ2n) is 2.86. The summed E-state index contributed by atoms with van der Waals surface area (Å²) in [4.78, 5) is 0. The lowest BCUT2D eigenvalue weighted by atomic mass is 9.96. The van der Waals surface area contributed by atoms with Gasteiger partial charge in [-0.15, -0.1) is 0 Å². The van der Waals surface area contributed by atoms with E-state index in [1.807, 2.05) is 12.2 Å². The van der Waals surface area contributed by atoms with Gasteiger partial charge in [0.05, 0.1) is 14.2 Å². The summed E-state index contributed by atoms with van der Waals surface area (Å²) in [6, 6.07) is 0. The van der Waals surface area contributed by atoms with Gasteiger partial charge in [-0.3, -0.25) is 0 Å². The smallest absolute Gasteiger partial charge is 0.280 e. The summed E-state index contributed by atoms with van der Waals surface area (Å²) in [5, 5.41) is 18.8. The highest BCUT2D eigenvalue weighted by Gasteiger charge is 2.18. The van der Waals surface area contributed by atoms with E-state index in [0.717, 1.165) is 0 Å². The van der Waals surface area contributed by atoms with Gasteiger partial charge >= 0.3 is 0 Å². The fraction of sp³-hybridized carbons (Fsp3) is 0.400. The zero-order valence-electron chi connectivity index (χ0n) is 8.28. The Hall–Kier alpha value is -1.58. The SMILES string of the molecule is CO/C(O)=C1/CC=CC/C1=C(\O)OC. The first-order valence-corrected chi connectivity index (χ1v) is 4.28. The van der Waals surface area contributed by atoms with Crippen molar-refractivity contribution in [1.29, 1.82) is 0 Å². The number of allylic oxidation sites excluding steroid dienone is 4. The minimum absolute atomic E-state index is 0.173. The van der Waals surface area contributed by atoms with Crippen LogP contribution in [0, 0.1) is 0 Å². The van der Waals surface area contributed by atoms with E-state index in [0.29, 0.717) is 24.0 Å². The quantitative estimate of drug-likeness (QED) is 0.527. The average molecular weight is 198 g/mol. The number of hydrogen-bond donors (Lipinski definition) is 2. The predicted octanol–water partition coefficient (Wildman–Crippen LogP) is 2.17. The van der Waals surface area contributed by atoms with Crippen molar-refractivity contribution >= 4 is 0 Å². The number of aliphatic hydroxyl groups excluding tert-OH is 2. The lowest BCUT2D eigenvalue weighted by Gasteiger charge is -2.15. The molecule has 0 heterocycles. The van der Waals surface area contributed by atoms with E-state index < -0.39 is 0 Å². The average Bonchev–Trinajstić information content (AvgIpc) is 2.27. The van der Waals surface area contributed by atoms with Gasteiger partial charge in [-0.25, -0.2) is 0 Å². The van der Waals surface area contributed by atoms with E-state index in [2.05, 4.69) is 0 Å². The van der Waals surface area contributed by atoms with E-state index in [1.165, 1.54) is 14.2 Å². The van der Waals surface area contributed by atoms with Crippen LogP contribution in [0.3, 0.4) is 0 Å². The molecule has 78 valence electrons. The van der Waals surface area contributed by atoms with Crippen molar-refractivity contribution in [3.8, 4) is 0 Å². The number of hydrogen-bond acceptors (Lipinski definition) is 4. The number of rotatable bonds is 2. The Morgan fingerprint density at radius 1 is 1.00 bits per heavy atom. The van der Waals surface area contributed by atoms with Gasteiger partial charge in [0.2, 0.25) is 0 Å². The highest BCUT2D eigenvalue weighted by molar-refractivity contribution is 5.38. The van der Waals surface area contributed by atoms with Crippen molar-refractivity contribution in [2.75, 3.05) is 14.2 Å². The summed E-state index contributed by atoms with van der Waals surface area (Å²) in [5.41, 5.74) is 1.13. The van der Waals surface area contributed by atoms with E-state index in [4.69, 9.17) is 9.47 Å². The van der Waals surface area contributed by atoms with Crippen LogP contribution in [0.2, 0.25) is 0 Å². The van der Waals surface area contributed by atoms with Gasteiger partial charge in [0, 0.05) is 11.1 Å². The fourth-order valence-corrected chi connectivity index (χ4v) is 1.33. The summed E-state index contributed by atoms with van der Waals surface area (Å²) < 4.78 is 9.43. The second-order valence-corrected chi connectivity index (χ2v) is 2.86. The third kappa shape index (κ3) is 2.02. The number of aliphatic hydroxyl groups is 2. The standard InChI is InChI=1S/C10H14O4/c1-13-9(11)7-5-3-4-6-8(7)10(12)14-2/h3-4,11-12H,5-6H2,1-2H3/b9-7-,10-8-. The van der Waals surface area contributed by atoms with Crippen molar-refractivity contribution < 1.29 is 19.7 Å². The third-order valence-electron chi connectivity index (χ3n) is 2.08. The van der Waals surface area contributed by atoms with Crippen LogP contribution in [-0.4, -0.2) is 24.4 Å². The highest BCUT2D eigenvalue weighted by Crippen LogP contribution is 2.28. The molecule has 1 rings (SSSR count). The zero-order valence-corrected chi connectivity index (χ0v) is 8.28. The molecule has 0 saturated carbocycles. The van der Waals surface area contributed by atoms with Crippen LogP contribution in [0.15, 0.2) is 35.2 Å². The molecule has 0 amide bonds. The first-order valence-electron chi connectivity index (χ1n) is 4.28. The lowest BCUT2D eigenvalue weighted by molar-refractivity contribution is 0.120. The highest BCUT2D eigenvalue weighted by atomic mass is 16.6. The van der Waals surface area contributed by atoms with Crippen LogP contribution in [0.5, 0.6) is 0 Å². The molecule has 0 bridgehead atoms. The summed E-state index contributed by atoms with van der Waals surface area (Å²) in [7, 11) is 2.75. The van der Waals surface area contributed by atoms with Gasteiger partial charge in [-0.1, -0.05) is 12.2 Å². The number of methoxy groups -OCH3 is 2. The Morgan fingerprint density at radius 3 is 1.64 bits per heavy atom. The minimum Gasteiger partial charge on any atom is -0.481 e. The van der Waals surface area contributed by atoms with Gasteiger partial charge in [0.15, 0.2) is 0 Å². The molecule has 0 aromatic heterocycles. The first kappa shape index (κ1) is 10.5. The topological polar surface area (TPSA) is 58.9 Å². The van der Waals surface area contributed by atoms with Crippen LogP contribution in [0.1, 0.15) is 12.8 Å². The van der Waals surface area contributed by atoms with E-state index in [1.54, 1.807) is 0 Å².